The van der Waals surface area contributed by atoms with Gasteiger partial charge in [-0.2, -0.15) is 0 Å². The fraction of sp³-hybridized carbons (Fsp3) is 0.750. The zero-order valence-corrected chi connectivity index (χ0v) is 13.3. The van der Waals surface area contributed by atoms with Gasteiger partial charge >= 0.3 is 0 Å². The Morgan fingerprint density at radius 2 is 1.85 bits per heavy atom. The van der Waals surface area contributed by atoms with Gasteiger partial charge in [0.2, 0.25) is 0 Å². The minimum absolute atomic E-state index is 0.196. The molecule has 0 spiro atoms. The Morgan fingerprint density at radius 1 is 1.20 bits per heavy atom. The molecular weight excluding hydrogens is 248 g/mol. The Morgan fingerprint density at radius 3 is 2.50 bits per heavy atom. The van der Waals surface area contributed by atoms with E-state index >= 15 is 0 Å². The minimum Gasteiger partial charge on any atom is -0.324 e. The predicted octanol–water partition coefficient (Wildman–Crippen LogP) is 1.65. The summed E-state index contributed by atoms with van der Waals surface area (Å²) in [7, 11) is 2.20. The van der Waals surface area contributed by atoms with Crippen molar-refractivity contribution in [3.8, 4) is 0 Å². The Balaban J connectivity index is 1.96. The van der Waals surface area contributed by atoms with E-state index in [2.05, 4.69) is 48.5 Å². The summed E-state index contributed by atoms with van der Waals surface area (Å²) in [5, 5.41) is 2.50. The van der Waals surface area contributed by atoms with Crippen LogP contribution in [0.4, 0.5) is 0 Å². The molecule has 1 fully saturated rings. The van der Waals surface area contributed by atoms with Gasteiger partial charge in [0, 0.05) is 43.6 Å². The van der Waals surface area contributed by atoms with Crippen molar-refractivity contribution < 1.29 is 0 Å². The zero-order chi connectivity index (χ0) is 14.5. The van der Waals surface area contributed by atoms with Gasteiger partial charge in [-0.15, -0.1) is 0 Å². The van der Waals surface area contributed by atoms with Crippen LogP contribution in [0.5, 0.6) is 0 Å². The molecule has 1 unspecified atom stereocenters. The second-order valence-electron chi connectivity index (χ2n) is 7.41. The number of fused-ring (bicyclic) bond motifs is 1. The van der Waals surface area contributed by atoms with Crippen LogP contribution in [-0.2, 0) is 6.42 Å². The molecule has 0 amide bonds. The Kier molecular flexibility index (Phi) is 3.33. The molecule has 0 aromatic carbocycles. The normalized spacial score (nSPS) is 26.6. The maximum atomic E-state index is 6.42. The molecule has 112 valence electrons. The van der Waals surface area contributed by atoms with Crippen molar-refractivity contribution in [2.24, 2.45) is 11.1 Å². The van der Waals surface area contributed by atoms with E-state index in [0.29, 0.717) is 5.41 Å². The van der Waals surface area contributed by atoms with Crippen molar-refractivity contribution in [3.05, 3.63) is 23.0 Å². The molecule has 2 N–H and O–H groups in total. The summed E-state index contributed by atoms with van der Waals surface area (Å²) >= 11 is 0. The minimum atomic E-state index is 0.196. The molecule has 0 radical (unpaired) electrons. The average Bonchev–Trinajstić information content (AvgIpc) is 2.66. The van der Waals surface area contributed by atoms with Gasteiger partial charge in [-0.3, -0.25) is 4.68 Å². The number of nitrogens with two attached hydrogens (primary N) is 1. The molecule has 1 saturated heterocycles. The van der Waals surface area contributed by atoms with Crippen LogP contribution in [0.1, 0.15) is 43.3 Å². The van der Waals surface area contributed by atoms with Crippen LogP contribution in [0, 0.1) is 12.3 Å². The third-order valence-electron chi connectivity index (χ3n) is 4.87. The second kappa shape index (κ2) is 4.78. The smallest absolute Gasteiger partial charge is 0.0472 e. The van der Waals surface area contributed by atoms with Crippen LogP contribution in [0.2, 0.25) is 0 Å². The molecule has 1 aliphatic carbocycles. The van der Waals surface area contributed by atoms with Gasteiger partial charge in [-0.25, -0.2) is 0 Å². The first-order valence-electron chi connectivity index (χ1n) is 7.78. The van der Waals surface area contributed by atoms with E-state index in [1.807, 2.05) is 0 Å². The fourth-order valence-electron chi connectivity index (χ4n) is 3.82. The highest BCUT2D eigenvalue weighted by molar-refractivity contribution is 5.35. The van der Waals surface area contributed by atoms with Gasteiger partial charge in [0.05, 0.1) is 0 Å². The van der Waals surface area contributed by atoms with Gasteiger partial charge in [-0.05, 0) is 43.9 Å². The van der Waals surface area contributed by atoms with Gasteiger partial charge in [-0.1, -0.05) is 13.8 Å². The molecular formula is C16H28N4. The molecule has 20 heavy (non-hydrogen) atoms. The van der Waals surface area contributed by atoms with Crippen molar-refractivity contribution in [3.63, 3.8) is 0 Å². The van der Waals surface area contributed by atoms with E-state index in [1.54, 1.807) is 0 Å². The maximum absolute atomic E-state index is 6.42. The lowest BCUT2D eigenvalue weighted by atomic mass is 9.75. The monoisotopic (exact) mass is 276 g/mol. The Hall–Kier alpha value is -1.00. The quantitative estimate of drug-likeness (QED) is 0.847. The van der Waals surface area contributed by atoms with Gasteiger partial charge in [0.15, 0.2) is 0 Å². The van der Waals surface area contributed by atoms with Crippen molar-refractivity contribution in [1.29, 1.82) is 0 Å². The average molecular weight is 276 g/mol. The number of aromatic nitrogens is 1. The van der Waals surface area contributed by atoms with Crippen LogP contribution in [-0.4, -0.2) is 42.8 Å². The lowest BCUT2D eigenvalue weighted by molar-refractivity contribution is 0.260. The Bertz CT molecular complexity index is 495. The molecule has 1 atom stereocenters. The summed E-state index contributed by atoms with van der Waals surface area (Å²) in [6.45, 7) is 11.4. The van der Waals surface area contributed by atoms with Crippen LogP contribution < -0.4 is 10.7 Å². The van der Waals surface area contributed by atoms with Crippen LogP contribution in [0.25, 0.3) is 0 Å². The van der Waals surface area contributed by atoms with Gasteiger partial charge < -0.3 is 15.6 Å². The topological polar surface area (TPSA) is 37.4 Å². The summed E-state index contributed by atoms with van der Waals surface area (Å²) in [4.78, 5) is 2.40. The third-order valence-corrected chi connectivity index (χ3v) is 4.87. The number of aryl methyl sites for hydroxylation is 1. The number of hydrogen-bond donors (Lipinski definition) is 1. The summed E-state index contributed by atoms with van der Waals surface area (Å²) in [5.74, 6) is 0. The van der Waals surface area contributed by atoms with Crippen molar-refractivity contribution in [1.82, 2.24) is 9.58 Å². The molecule has 4 heteroatoms. The summed E-state index contributed by atoms with van der Waals surface area (Å²) in [6.07, 6.45) is 2.22. The molecule has 0 bridgehead atoms. The summed E-state index contributed by atoms with van der Waals surface area (Å²) in [6, 6.07) is 2.51. The maximum Gasteiger partial charge on any atom is 0.0472 e. The van der Waals surface area contributed by atoms with E-state index in [4.69, 9.17) is 5.73 Å². The highest BCUT2D eigenvalue weighted by Gasteiger charge is 2.34. The van der Waals surface area contributed by atoms with E-state index in [-0.39, 0.29) is 6.04 Å². The highest BCUT2D eigenvalue weighted by Crippen LogP contribution is 2.40. The lowest BCUT2D eigenvalue weighted by Crippen LogP contribution is -2.51. The number of hydrogen-bond acceptors (Lipinski definition) is 3. The number of rotatable bonds is 1. The first-order chi connectivity index (χ1) is 9.37. The molecule has 1 aliphatic heterocycles. The van der Waals surface area contributed by atoms with Crippen LogP contribution in [0.3, 0.4) is 0 Å². The molecule has 4 nitrogen and oxygen atoms in total. The Labute approximate surface area is 122 Å². The predicted molar refractivity (Wildman–Crippen MR) is 83.6 cm³/mol. The van der Waals surface area contributed by atoms with E-state index in [9.17, 15) is 0 Å². The van der Waals surface area contributed by atoms with Crippen molar-refractivity contribution >= 4 is 0 Å². The summed E-state index contributed by atoms with van der Waals surface area (Å²) in [5.41, 5.74) is 10.9. The number of nitrogens with zero attached hydrogens (tertiary/aromatic N) is 3. The molecule has 1 aromatic rings. The standard InChI is InChI=1S/C16H28N4/c1-12-9-13-14(17)10-16(2,3)11-15(13)20(12)19-7-5-18(4)6-8-19/h9,14H,5-8,10-11,17H2,1-4H3. The largest absolute Gasteiger partial charge is 0.324 e. The van der Waals surface area contributed by atoms with Gasteiger partial charge in [0.1, 0.15) is 0 Å². The van der Waals surface area contributed by atoms with Crippen LogP contribution >= 0.6 is 0 Å². The SMILES string of the molecule is Cc1cc2c(n1N1CCN(C)CC1)CC(C)(C)CC2N. The third kappa shape index (κ3) is 2.35. The van der Waals surface area contributed by atoms with Crippen molar-refractivity contribution in [2.75, 3.05) is 38.2 Å². The molecule has 2 heterocycles. The second-order valence-corrected chi connectivity index (χ2v) is 7.41. The summed E-state index contributed by atoms with van der Waals surface area (Å²) < 4.78 is 2.46. The first-order valence-corrected chi connectivity index (χ1v) is 7.78. The molecule has 0 saturated carbocycles. The molecule has 2 aliphatic rings. The molecule has 3 rings (SSSR count). The fourth-order valence-corrected chi connectivity index (χ4v) is 3.82. The highest BCUT2D eigenvalue weighted by atomic mass is 15.6. The molecule has 1 aromatic heterocycles. The van der Waals surface area contributed by atoms with Gasteiger partial charge in [0.25, 0.3) is 0 Å². The van der Waals surface area contributed by atoms with E-state index in [0.717, 1.165) is 39.0 Å². The first kappa shape index (κ1) is 14.0. The van der Waals surface area contributed by atoms with E-state index < -0.39 is 0 Å². The van der Waals surface area contributed by atoms with E-state index in [1.165, 1.54) is 17.0 Å². The van der Waals surface area contributed by atoms with Crippen LogP contribution in [0.15, 0.2) is 6.07 Å². The number of likely N-dealkylation sites (N-methyl/N-ethyl adjacent to an activating group) is 1. The lowest BCUT2D eigenvalue weighted by Gasteiger charge is -2.40. The zero-order valence-electron chi connectivity index (χ0n) is 13.3. The van der Waals surface area contributed by atoms with Crippen molar-refractivity contribution in [2.45, 2.75) is 39.7 Å². The number of piperazine rings is 1.